The van der Waals surface area contributed by atoms with Gasteiger partial charge < -0.3 is 20.3 Å². The highest BCUT2D eigenvalue weighted by atomic mass is 127. The van der Waals surface area contributed by atoms with Crippen LogP contribution in [0.5, 0.6) is 0 Å². The number of guanidine groups is 1. The number of nitrogens with one attached hydrogen (secondary N) is 2. The summed E-state index contributed by atoms with van der Waals surface area (Å²) in [6, 6.07) is 0.0260. The summed E-state index contributed by atoms with van der Waals surface area (Å²) in [5.41, 5.74) is -0.496. The van der Waals surface area contributed by atoms with Crippen molar-refractivity contribution in [1.82, 2.24) is 15.5 Å². The van der Waals surface area contributed by atoms with E-state index in [1.807, 2.05) is 32.7 Å². The van der Waals surface area contributed by atoms with Crippen LogP contribution in [0.1, 0.15) is 41.0 Å². The van der Waals surface area contributed by atoms with E-state index in [9.17, 15) is 4.79 Å². The number of carbonyl (C=O) groups is 1. The number of terminal acetylenes is 1. The predicted octanol–water partition coefficient (Wildman–Crippen LogP) is 2.68. The Morgan fingerprint density at radius 3 is 2.38 bits per heavy atom. The maximum Gasteiger partial charge on any atom is 0.407 e. The molecule has 0 aromatic rings. The fraction of sp³-hybridized carbons (Fsp3) is 0.765. The van der Waals surface area contributed by atoms with E-state index in [0.29, 0.717) is 12.5 Å². The summed E-state index contributed by atoms with van der Waals surface area (Å²) < 4.78 is 5.33. The summed E-state index contributed by atoms with van der Waals surface area (Å²) in [6.45, 7) is 10.9. The minimum absolute atomic E-state index is 0. The number of carbonyl (C=O) groups excluding carboxylic acids is 1. The van der Waals surface area contributed by atoms with Gasteiger partial charge in [0.15, 0.2) is 5.96 Å². The molecule has 2 N–H and O–H groups in total. The number of nitrogens with zero attached hydrogens (tertiary/aromatic N) is 2. The molecule has 1 atom stereocenters. The molecule has 0 rings (SSSR count). The Bertz CT molecular complexity index is 439. The Morgan fingerprint density at radius 2 is 1.96 bits per heavy atom. The smallest absolute Gasteiger partial charge is 0.407 e. The molecule has 0 fully saturated rings. The molecule has 0 saturated carbocycles. The lowest BCUT2D eigenvalue weighted by molar-refractivity contribution is 0.0486. The van der Waals surface area contributed by atoms with Gasteiger partial charge in [0, 0.05) is 26.7 Å². The third kappa shape index (κ3) is 11.4. The van der Waals surface area contributed by atoms with E-state index in [1.165, 1.54) is 0 Å². The highest BCUT2D eigenvalue weighted by Gasteiger charge is 2.22. The number of halogens is 1. The Kier molecular flexibility index (Phi) is 12.8. The zero-order valence-electron chi connectivity index (χ0n) is 16.0. The van der Waals surface area contributed by atoms with Crippen LogP contribution in [-0.4, -0.2) is 55.8 Å². The molecule has 0 saturated heterocycles. The van der Waals surface area contributed by atoms with E-state index in [0.717, 1.165) is 18.9 Å². The molecule has 0 bridgehead atoms. The van der Waals surface area contributed by atoms with Gasteiger partial charge in [0.25, 0.3) is 0 Å². The SMILES string of the molecule is C#CCNC(=NC)N(C)CCC(NC(=O)OC(C)(C)C)C(C)C.I. The third-order valence-electron chi connectivity index (χ3n) is 3.20. The summed E-state index contributed by atoms with van der Waals surface area (Å²) in [4.78, 5) is 18.1. The number of aliphatic imine (C=N–C) groups is 1. The zero-order chi connectivity index (χ0) is 18.0. The number of ether oxygens (including phenoxy) is 1. The van der Waals surface area contributed by atoms with Crippen molar-refractivity contribution in [2.24, 2.45) is 10.9 Å². The molecule has 24 heavy (non-hydrogen) atoms. The lowest BCUT2D eigenvalue weighted by Gasteiger charge is -2.28. The Hall–Kier alpha value is -1.17. The zero-order valence-corrected chi connectivity index (χ0v) is 18.3. The van der Waals surface area contributed by atoms with Crippen LogP contribution in [0.15, 0.2) is 4.99 Å². The highest BCUT2D eigenvalue weighted by Crippen LogP contribution is 2.11. The Morgan fingerprint density at radius 1 is 1.38 bits per heavy atom. The molecule has 0 aliphatic rings. The van der Waals surface area contributed by atoms with Crippen molar-refractivity contribution in [1.29, 1.82) is 0 Å². The monoisotopic (exact) mass is 452 g/mol. The van der Waals surface area contributed by atoms with Crippen molar-refractivity contribution >= 4 is 36.0 Å². The Labute approximate surface area is 164 Å². The fourth-order valence-corrected chi connectivity index (χ4v) is 1.98. The van der Waals surface area contributed by atoms with E-state index in [-0.39, 0.29) is 36.1 Å². The number of rotatable bonds is 6. The van der Waals surface area contributed by atoms with Crippen molar-refractivity contribution in [3.05, 3.63) is 0 Å². The van der Waals surface area contributed by atoms with Crippen LogP contribution in [0.3, 0.4) is 0 Å². The van der Waals surface area contributed by atoms with Crippen molar-refractivity contribution < 1.29 is 9.53 Å². The minimum atomic E-state index is -0.496. The van der Waals surface area contributed by atoms with Gasteiger partial charge in [0.1, 0.15) is 5.60 Å². The van der Waals surface area contributed by atoms with Crippen LogP contribution in [0.2, 0.25) is 0 Å². The van der Waals surface area contributed by atoms with Gasteiger partial charge in [-0.3, -0.25) is 4.99 Å². The summed E-state index contributed by atoms with van der Waals surface area (Å²) in [6.07, 6.45) is 5.65. The second-order valence-corrected chi connectivity index (χ2v) is 6.81. The average Bonchev–Trinajstić information content (AvgIpc) is 2.41. The molecular formula is C17H33IN4O2. The summed E-state index contributed by atoms with van der Waals surface area (Å²) in [5, 5.41) is 6.02. The van der Waals surface area contributed by atoms with Gasteiger partial charge in [0.2, 0.25) is 0 Å². The van der Waals surface area contributed by atoms with Gasteiger partial charge >= 0.3 is 6.09 Å². The van der Waals surface area contributed by atoms with Crippen molar-refractivity contribution in [3.63, 3.8) is 0 Å². The average molecular weight is 452 g/mol. The molecule has 1 unspecified atom stereocenters. The molecule has 0 aliphatic carbocycles. The molecule has 6 nitrogen and oxygen atoms in total. The van der Waals surface area contributed by atoms with E-state index >= 15 is 0 Å². The third-order valence-corrected chi connectivity index (χ3v) is 3.20. The van der Waals surface area contributed by atoms with E-state index in [2.05, 4.69) is 35.4 Å². The van der Waals surface area contributed by atoms with Gasteiger partial charge in [-0.1, -0.05) is 19.8 Å². The first-order chi connectivity index (χ1) is 10.6. The van der Waals surface area contributed by atoms with Gasteiger partial charge in [-0.2, -0.15) is 0 Å². The van der Waals surface area contributed by atoms with E-state index < -0.39 is 5.60 Å². The first-order valence-corrected chi connectivity index (χ1v) is 7.95. The minimum Gasteiger partial charge on any atom is -0.444 e. The molecule has 7 heteroatoms. The number of hydrogen-bond donors (Lipinski definition) is 2. The quantitative estimate of drug-likeness (QED) is 0.282. The topological polar surface area (TPSA) is 66.0 Å². The van der Waals surface area contributed by atoms with Gasteiger partial charge in [-0.15, -0.1) is 30.4 Å². The molecule has 0 heterocycles. The van der Waals surface area contributed by atoms with Crippen molar-refractivity contribution in [2.75, 3.05) is 27.2 Å². The van der Waals surface area contributed by atoms with Crippen LogP contribution >= 0.6 is 24.0 Å². The first kappa shape index (κ1) is 25.1. The van der Waals surface area contributed by atoms with E-state index in [1.54, 1.807) is 7.05 Å². The van der Waals surface area contributed by atoms with Crippen LogP contribution in [-0.2, 0) is 4.74 Å². The normalized spacial score (nSPS) is 12.7. The molecule has 0 aliphatic heterocycles. The molecule has 0 spiro atoms. The lowest BCUT2D eigenvalue weighted by atomic mass is 10.0. The van der Waals surface area contributed by atoms with Crippen LogP contribution < -0.4 is 10.6 Å². The standard InChI is InChI=1S/C17H32N4O2.HI/c1-9-11-19-15(18-7)21(8)12-10-14(13(2)3)20-16(22)23-17(4,5)6;/h1,13-14H,10-12H2,2-8H3,(H,18,19)(H,20,22);1H. The molecule has 0 radical (unpaired) electrons. The molecule has 140 valence electrons. The second-order valence-electron chi connectivity index (χ2n) is 6.81. The van der Waals surface area contributed by atoms with Crippen LogP contribution in [0.25, 0.3) is 0 Å². The van der Waals surface area contributed by atoms with Gasteiger partial charge in [-0.05, 0) is 33.1 Å². The molecule has 1 amide bonds. The number of hydrogen-bond acceptors (Lipinski definition) is 3. The molecule has 0 aromatic carbocycles. The van der Waals surface area contributed by atoms with Gasteiger partial charge in [-0.25, -0.2) is 4.79 Å². The molecule has 0 aromatic heterocycles. The lowest BCUT2D eigenvalue weighted by Crippen LogP contribution is -2.45. The van der Waals surface area contributed by atoms with Crippen molar-refractivity contribution in [3.8, 4) is 12.3 Å². The number of alkyl carbamates (subject to hydrolysis) is 1. The van der Waals surface area contributed by atoms with Crippen LogP contribution in [0, 0.1) is 18.3 Å². The maximum atomic E-state index is 11.9. The largest absolute Gasteiger partial charge is 0.444 e. The molecular weight excluding hydrogens is 419 g/mol. The van der Waals surface area contributed by atoms with Crippen molar-refractivity contribution in [2.45, 2.75) is 52.7 Å². The number of amides is 1. The highest BCUT2D eigenvalue weighted by molar-refractivity contribution is 14.0. The second kappa shape index (κ2) is 12.2. The Balaban J connectivity index is 0. The summed E-state index contributed by atoms with van der Waals surface area (Å²) in [7, 11) is 3.66. The fourth-order valence-electron chi connectivity index (χ4n) is 1.98. The van der Waals surface area contributed by atoms with Gasteiger partial charge in [0.05, 0.1) is 6.54 Å². The van der Waals surface area contributed by atoms with Crippen LogP contribution in [0.4, 0.5) is 4.79 Å². The predicted molar refractivity (Wildman–Crippen MR) is 111 cm³/mol. The summed E-state index contributed by atoms with van der Waals surface area (Å²) in [5.74, 6) is 3.57. The van der Waals surface area contributed by atoms with E-state index in [4.69, 9.17) is 11.2 Å². The first-order valence-electron chi connectivity index (χ1n) is 7.95. The summed E-state index contributed by atoms with van der Waals surface area (Å²) >= 11 is 0. The maximum absolute atomic E-state index is 11.9.